The summed E-state index contributed by atoms with van der Waals surface area (Å²) in [5.41, 5.74) is 2.56. The van der Waals surface area contributed by atoms with E-state index in [1.54, 1.807) is 0 Å². The highest BCUT2D eigenvalue weighted by atomic mass is 127. The molecule has 1 aliphatic heterocycles. The maximum Gasteiger partial charge on any atom is 0.320 e. The average Bonchev–Trinajstić information content (AvgIpc) is 2.63. The maximum atomic E-state index is 10.9. The molecule has 0 saturated carbocycles. The second kappa shape index (κ2) is 8.99. The van der Waals surface area contributed by atoms with E-state index in [0.717, 1.165) is 0 Å². The number of benzene rings is 2. The molecule has 5 heteroatoms. The van der Waals surface area contributed by atoms with Crippen molar-refractivity contribution in [2.24, 2.45) is 0 Å². The molecule has 0 N–H and O–H groups in total. The van der Waals surface area contributed by atoms with Crippen molar-refractivity contribution in [1.29, 1.82) is 0 Å². The Hall–Kier alpha value is -1.89. The molecule has 4 nitrogen and oxygen atoms in total. The summed E-state index contributed by atoms with van der Waals surface area (Å²) in [6.45, 7) is 3.63. The smallest absolute Gasteiger partial charge is 0.320 e. The molecule has 0 unspecified atom stereocenters. The summed E-state index contributed by atoms with van der Waals surface area (Å²) in [5, 5.41) is 0. The molecule has 132 valence electrons. The van der Waals surface area contributed by atoms with Gasteiger partial charge in [0, 0.05) is 16.4 Å². The van der Waals surface area contributed by atoms with E-state index in [9.17, 15) is 9.59 Å². The first kappa shape index (κ1) is 19.4. The highest BCUT2D eigenvalue weighted by Gasteiger charge is 2.40. The number of halogens is 1. The summed E-state index contributed by atoms with van der Waals surface area (Å²) >= 11 is 2.32. The van der Waals surface area contributed by atoms with E-state index >= 15 is 0 Å². The number of esters is 2. The molecule has 1 fully saturated rings. The molecule has 0 aliphatic carbocycles. The van der Waals surface area contributed by atoms with Gasteiger partial charge in [-0.25, -0.2) is 0 Å². The third-order valence-electron chi connectivity index (χ3n) is 3.92. The van der Waals surface area contributed by atoms with Crippen LogP contribution in [0.4, 0.5) is 0 Å². The second-order valence-corrected chi connectivity index (χ2v) is 6.86. The van der Waals surface area contributed by atoms with E-state index in [-0.39, 0.29) is 6.42 Å². The number of carbonyl (C=O) groups excluding carboxylic acids is 2. The molecule has 2 aromatic carbocycles. The first-order valence-corrected chi connectivity index (χ1v) is 9.30. The van der Waals surface area contributed by atoms with Gasteiger partial charge in [0.15, 0.2) is 0 Å². The third-order valence-corrected chi connectivity index (χ3v) is 4.64. The molecule has 0 amide bonds. The molecule has 25 heavy (non-hydrogen) atoms. The molecule has 3 rings (SSSR count). The normalized spacial score (nSPS) is 15.5. The van der Waals surface area contributed by atoms with E-state index in [0.29, 0.717) is 12.8 Å². The molecule has 0 radical (unpaired) electrons. The largest absolute Gasteiger partial charge is 0.422 e. The van der Waals surface area contributed by atoms with E-state index in [2.05, 4.69) is 71.1 Å². The van der Waals surface area contributed by atoms with Crippen LogP contribution in [0.1, 0.15) is 33.1 Å². The van der Waals surface area contributed by atoms with Gasteiger partial charge >= 0.3 is 11.9 Å². The van der Waals surface area contributed by atoms with Crippen LogP contribution in [-0.2, 0) is 19.1 Å². The van der Waals surface area contributed by atoms with Gasteiger partial charge in [-0.3, -0.25) is 9.59 Å². The van der Waals surface area contributed by atoms with Gasteiger partial charge in [-0.15, -0.1) is 0 Å². The van der Waals surface area contributed by atoms with Gasteiger partial charge in [0.05, 0.1) is 0 Å². The maximum absolute atomic E-state index is 10.9. The predicted molar refractivity (Wildman–Crippen MR) is 105 cm³/mol. The Balaban J connectivity index is 0.000000181. The number of hydrogen-bond acceptors (Lipinski definition) is 4. The third kappa shape index (κ3) is 5.56. The van der Waals surface area contributed by atoms with Gasteiger partial charge in [-0.05, 0) is 45.9 Å². The van der Waals surface area contributed by atoms with Crippen molar-refractivity contribution in [3.8, 4) is 11.1 Å². The lowest BCUT2D eigenvalue weighted by molar-refractivity contribution is -0.245. The van der Waals surface area contributed by atoms with Crippen molar-refractivity contribution in [1.82, 2.24) is 0 Å². The van der Waals surface area contributed by atoms with Crippen LogP contribution in [0.2, 0.25) is 0 Å². The Morgan fingerprint density at radius 2 is 1.32 bits per heavy atom. The van der Waals surface area contributed by atoms with Crippen LogP contribution in [-0.4, -0.2) is 17.7 Å². The quantitative estimate of drug-likeness (QED) is 0.376. The van der Waals surface area contributed by atoms with Crippen molar-refractivity contribution in [3.63, 3.8) is 0 Å². The minimum absolute atomic E-state index is 0.262. The predicted octanol–water partition coefficient (Wildman–Crippen LogP) is 4.95. The Bertz CT molecular complexity index is 688. The van der Waals surface area contributed by atoms with E-state index in [4.69, 9.17) is 9.47 Å². The SMILES string of the molecule is CCC1(CC)OC(=O)CC(=O)O1.Ic1ccc(-c2ccccc2)cc1. The van der Waals surface area contributed by atoms with Crippen LogP contribution in [0.3, 0.4) is 0 Å². The van der Waals surface area contributed by atoms with Gasteiger partial charge in [-0.2, -0.15) is 0 Å². The fourth-order valence-electron chi connectivity index (χ4n) is 2.44. The summed E-state index contributed by atoms with van der Waals surface area (Å²) in [6, 6.07) is 19.0. The topological polar surface area (TPSA) is 52.6 Å². The monoisotopic (exact) mass is 452 g/mol. The lowest BCUT2D eigenvalue weighted by atomic mass is 10.1. The van der Waals surface area contributed by atoms with Gasteiger partial charge < -0.3 is 9.47 Å². The standard InChI is InChI=1S/C12H9I.C8H12O4/c13-12-8-6-11(7-9-12)10-4-2-1-3-5-10;1-3-8(4-2)11-6(9)5-7(10)12-8/h1-9H;3-5H2,1-2H3. The van der Waals surface area contributed by atoms with Crippen LogP contribution in [0, 0.1) is 3.57 Å². The Morgan fingerprint density at radius 1 is 0.840 bits per heavy atom. The molecule has 2 aromatic rings. The van der Waals surface area contributed by atoms with Crippen molar-refractivity contribution < 1.29 is 19.1 Å². The first-order valence-electron chi connectivity index (χ1n) is 8.22. The summed E-state index contributed by atoms with van der Waals surface area (Å²) in [5.74, 6) is -1.98. The van der Waals surface area contributed by atoms with Crippen LogP contribution in [0.15, 0.2) is 54.6 Å². The number of rotatable bonds is 3. The fraction of sp³-hybridized carbons (Fsp3) is 0.300. The molecule has 1 heterocycles. The van der Waals surface area contributed by atoms with Crippen LogP contribution < -0.4 is 0 Å². The number of carbonyl (C=O) groups is 2. The van der Waals surface area contributed by atoms with Crippen molar-refractivity contribution in [2.45, 2.75) is 38.9 Å². The summed E-state index contributed by atoms with van der Waals surface area (Å²) in [7, 11) is 0. The summed E-state index contributed by atoms with van der Waals surface area (Å²) in [6.07, 6.45) is 0.740. The van der Waals surface area contributed by atoms with E-state index in [1.165, 1.54) is 14.7 Å². The van der Waals surface area contributed by atoms with Gasteiger partial charge in [0.25, 0.3) is 5.79 Å². The van der Waals surface area contributed by atoms with E-state index in [1.807, 2.05) is 19.9 Å². The van der Waals surface area contributed by atoms with Crippen molar-refractivity contribution in [3.05, 3.63) is 58.2 Å². The average molecular weight is 452 g/mol. The highest BCUT2D eigenvalue weighted by Crippen LogP contribution is 2.27. The van der Waals surface area contributed by atoms with Crippen molar-refractivity contribution in [2.75, 3.05) is 0 Å². The molecule has 0 spiro atoms. The Morgan fingerprint density at radius 3 is 1.80 bits per heavy atom. The minimum atomic E-state index is -0.994. The Kier molecular flexibility index (Phi) is 6.99. The van der Waals surface area contributed by atoms with Crippen molar-refractivity contribution >= 4 is 34.5 Å². The lowest BCUT2D eigenvalue weighted by Crippen LogP contribution is -2.44. The lowest BCUT2D eigenvalue weighted by Gasteiger charge is -2.33. The zero-order valence-corrected chi connectivity index (χ0v) is 16.5. The molecule has 1 saturated heterocycles. The summed E-state index contributed by atoms with van der Waals surface area (Å²) in [4.78, 5) is 21.8. The Labute approximate surface area is 161 Å². The zero-order valence-electron chi connectivity index (χ0n) is 14.3. The van der Waals surface area contributed by atoms with Gasteiger partial charge in [0.1, 0.15) is 6.42 Å². The zero-order chi connectivity index (χ0) is 18.3. The second-order valence-electron chi connectivity index (χ2n) is 5.62. The van der Waals surface area contributed by atoms with Gasteiger partial charge in [-0.1, -0.05) is 56.3 Å². The first-order chi connectivity index (χ1) is 12.0. The molecular formula is C20H21IO4. The highest BCUT2D eigenvalue weighted by molar-refractivity contribution is 14.1. The summed E-state index contributed by atoms with van der Waals surface area (Å²) < 4.78 is 11.2. The van der Waals surface area contributed by atoms with Crippen LogP contribution >= 0.6 is 22.6 Å². The van der Waals surface area contributed by atoms with Crippen LogP contribution in [0.25, 0.3) is 11.1 Å². The van der Waals surface area contributed by atoms with Gasteiger partial charge in [0.2, 0.25) is 0 Å². The fourth-order valence-corrected chi connectivity index (χ4v) is 2.80. The number of cyclic esters (lactones) is 2. The number of hydrogen-bond donors (Lipinski definition) is 0. The molecule has 0 aromatic heterocycles. The molecule has 0 bridgehead atoms. The minimum Gasteiger partial charge on any atom is -0.422 e. The number of ether oxygens (including phenoxy) is 2. The molecular weight excluding hydrogens is 431 g/mol. The molecule has 1 aliphatic rings. The van der Waals surface area contributed by atoms with Crippen LogP contribution in [0.5, 0.6) is 0 Å². The van der Waals surface area contributed by atoms with E-state index < -0.39 is 17.7 Å². The molecule has 0 atom stereocenters.